The van der Waals surface area contributed by atoms with Gasteiger partial charge in [0.15, 0.2) is 0 Å². The van der Waals surface area contributed by atoms with E-state index < -0.39 is 5.60 Å². The summed E-state index contributed by atoms with van der Waals surface area (Å²) in [6.07, 6.45) is 0.300. The van der Waals surface area contributed by atoms with Crippen molar-refractivity contribution < 1.29 is 14.3 Å². The van der Waals surface area contributed by atoms with Crippen LogP contribution in [0.5, 0.6) is 0 Å². The molecule has 88 valence electrons. The van der Waals surface area contributed by atoms with Crippen molar-refractivity contribution in [1.29, 1.82) is 0 Å². The van der Waals surface area contributed by atoms with Gasteiger partial charge in [-0.25, -0.2) is 0 Å². The van der Waals surface area contributed by atoms with Crippen molar-refractivity contribution in [2.75, 3.05) is 11.9 Å². The Morgan fingerprint density at radius 3 is 2.71 bits per heavy atom. The molecule has 1 aromatic carbocycles. The first-order valence-electron chi connectivity index (χ1n) is 5.67. The molecule has 0 unspecified atom stereocenters. The maximum absolute atomic E-state index is 12.4. The summed E-state index contributed by atoms with van der Waals surface area (Å²) < 4.78 is 5.40. The number of rotatable bonds is 0. The number of carbonyl (C=O) groups is 2. The summed E-state index contributed by atoms with van der Waals surface area (Å²) in [6.45, 7) is 1.89. The number of esters is 1. The number of hydrogen-bond donors (Lipinski definition) is 0. The smallest absolute Gasteiger partial charge is 0.307 e. The summed E-state index contributed by atoms with van der Waals surface area (Å²) in [5.74, 6) is -0.554. The molecule has 1 saturated heterocycles. The van der Waals surface area contributed by atoms with Crippen molar-refractivity contribution in [3.05, 3.63) is 29.8 Å². The molecule has 0 aromatic heterocycles. The Kier molecular flexibility index (Phi) is 1.88. The molecule has 1 fully saturated rings. The molecule has 1 aromatic rings. The normalized spacial score (nSPS) is 30.9. The van der Waals surface area contributed by atoms with E-state index in [9.17, 15) is 9.59 Å². The highest BCUT2D eigenvalue weighted by Crippen LogP contribution is 2.50. The Hall–Kier alpha value is -1.84. The van der Waals surface area contributed by atoms with Gasteiger partial charge in [-0.05, 0) is 6.07 Å². The van der Waals surface area contributed by atoms with Crippen molar-refractivity contribution in [2.24, 2.45) is 5.92 Å². The second-order valence-electron chi connectivity index (χ2n) is 4.70. The van der Waals surface area contributed by atoms with Gasteiger partial charge in [0.1, 0.15) is 0 Å². The van der Waals surface area contributed by atoms with Gasteiger partial charge in [0.05, 0.1) is 12.1 Å². The first kappa shape index (κ1) is 10.3. The molecule has 2 aliphatic rings. The molecule has 2 heterocycles. The van der Waals surface area contributed by atoms with E-state index in [1.807, 2.05) is 31.2 Å². The van der Waals surface area contributed by atoms with Crippen LogP contribution in [-0.4, -0.2) is 18.9 Å². The topological polar surface area (TPSA) is 46.6 Å². The average molecular weight is 231 g/mol. The van der Waals surface area contributed by atoms with Crippen LogP contribution in [-0.2, 0) is 19.9 Å². The van der Waals surface area contributed by atoms with Crippen LogP contribution in [0.15, 0.2) is 24.3 Å². The zero-order valence-corrected chi connectivity index (χ0v) is 9.77. The summed E-state index contributed by atoms with van der Waals surface area (Å²) in [5.41, 5.74) is 0.563. The molecular formula is C13H13NO3. The molecule has 0 aliphatic carbocycles. The van der Waals surface area contributed by atoms with Crippen LogP contribution in [0.3, 0.4) is 0 Å². The molecule has 17 heavy (non-hydrogen) atoms. The first-order valence-corrected chi connectivity index (χ1v) is 5.67. The lowest BCUT2D eigenvalue weighted by molar-refractivity contribution is -0.158. The van der Waals surface area contributed by atoms with Crippen LogP contribution in [0.1, 0.15) is 18.9 Å². The third-order valence-electron chi connectivity index (χ3n) is 3.73. The van der Waals surface area contributed by atoms with Gasteiger partial charge in [-0.2, -0.15) is 0 Å². The van der Waals surface area contributed by atoms with Gasteiger partial charge >= 0.3 is 5.97 Å². The van der Waals surface area contributed by atoms with E-state index in [-0.39, 0.29) is 17.8 Å². The summed E-state index contributed by atoms with van der Waals surface area (Å²) in [7, 11) is 1.72. The highest BCUT2D eigenvalue weighted by Gasteiger charge is 2.60. The van der Waals surface area contributed by atoms with Gasteiger partial charge in [0.25, 0.3) is 5.91 Å². The minimum Gasteiger partial charge on any atom is -0.444 e. The number of benzene rings is 1. The van der Waals surface area contributed by atoms with Crippen molar-refractivity contribution in [2.45, 2.75) is 18.9 Å². The van der Waals surface area contributed by atoms with Crippen LogP contribution in [0.4, 0.5) is 5.69 Å². The lowest BCUT2D eigenvalue weighted by Crippen LogP contribution is -2.42. The Morgan fingerprint density at radius 1 is 1.35 bits per heavy atom. The number of hydrogen-bond acceptors (Lipinski definition) is 3. The van der Waals surface area contributed by atoms with Crippen molar-refractivity contribution >= 4 is 17.6 Å². The number of amides is 1. The Morgan fingerprint density at radius 2 is 2.06 bits per heavy atom. The van der Waals surface area contributed by atoms with Crippen molar-refractivity contribution in [3.8, 4) is 0 Å². The van der Waals surface area contributed by atoms with E-state index in [1.54, 1.807) is 11.9 Å². The van der Waals surface area contributed by atoms with Crippen LogP contribution in [0.25, 0.3) is 0 Å². The van der Waals surface area contributed by atoms with Gasteiger partial charge in [0, 0.05) is 18.5 Å². The molecule has 1 spiro atoms. The number of likely N-dealkylation sites (N-methyl/N-ethyl adjacent to an activating group) is 1. The molecule has 0 radical (unpaired) electrons. The third kappa shape index (κ3) is 1.07. The molecule has 2 atom stereocenters. The number of para-hydroxylation sites is 1. The molecule has 0 bridgehead atoms. The predicted molar refractivity (Wildman–Crippen MR) is 61.4 cm³/mol. The number of nitrogens with zero attached hydrogens (tertiary/aromatic N) is 1. The van der Waals surface area contributed by atoms with Crippen LogP contribution < -0.4 is 4.90 Å². The maximum Gasteiger partial charge on any atom is 0.307 e. The molecular weight excluding hydrogens is 218 g/mol. The van der Waals surface area contributed by atoms with Crippen molar-refractivity contribution in [1.82, 2.24) is 0 Å². The summed E-state index contributed by atoms with van der Waals surface area (Å²) in [6, 6.07) is 7.49. The number of ether oxygens (including phenoxy) is 1. The standard InChI is InChI=1S/C13H13NO3/c1-8-7-11(15)17-13(8)9-5-3-4-6-10(9)14(2)12(13)16/h3-6,8H,7H2,1-2H3/t8-,13-/m0/s1. The molecule has 3 rings (SSSR count). The van der Waals surface area contributed by atoms with E-state index in [0.717, 1.165) is 11.3 Å². The minimum atomic E-state index is -1.08. The SMILES string of the molecule is C[C@H]1CC(=O)O[C@@]12C(=O)N(C)c1ccccc12. The number of anilines is 1. The summed E-state index contributed by atoms with van der Waals surface area (Å²) in [5, 5.41) is 0. The van der Waals surface area contributed by atoms with Gasteiger partial charge in [0.2, 0.25) is 5.60 Å². The fourth-order valence-electron chi connectivity index (χ4n) is 2.84. The molecule has 4 heteroatoms. The molecule has 1 amide bonds. The fraction of sp³-hybridized carbons (Fsp3) is 0.385. The fourth-order valence-corrected chi connectivity index (χ4v) is 2.84. The van der Waals surface area contributed by atoms with Gasteiger partial charge in [-0.3, -0.25) is 9.59 Å². The Balaban J connectivity index is 2.25. The Bertz CT molecular complexity index is 525. The quantitative estimate of drug-likeness (QED) is 0.635. The van der Waals surface area contributed by atoms with Gasteiger partial charge < -0.3 is 9.64 Å². The van der Waals surface area contributed by atoms with Crippen molar-refractivity contribution in [3.63, 3.8) is 0 Å². The van der Waals surface area contributed by atoms with Gasteiger partial charge in [-0.1, -0.05) is 25.1 Å². The number of carbonyl (C=O) groups excluding carboxylic acids is 2. The average Bonchev–Trinajstić information content (AvgIpc) is 2.72. The van der Waals surface area contributed by atoms with Crippen LogP contribution in [0.2, 0.25) is 0 Å². The third-order valence-corrected chi connectivity index (χ3v) is 3.73. The lowest BCUT2D eigenvalue weighted by Gasteiger charge is -2.25. The molecule has 0 saturated carbocycles. The minimum absolute atomic E-state index is 0.117. The van der Waals surface area contributed by atoms with Gasteiger partial charge in [-0.15, -0.1) is 0 Å². The highest BCUT2D eigenvalue weighted by atomic mass is 16.6. The Labute approximate surface area is 99.2 Å². The van der Waals surface area contributed by atoms with Crippen LogP contribution in [0, 0.1) is 5.92 Å². The second kappa shape index (κ2) is 3.09. The number of fused-ring (bicyclic) bond motifs is 2. The largest absolute Gasteiger partial charge is 0.444 e. The zero-order chi connectivity index (χ0) is 12.2. The second-order valence-corrected chi connectivity index (χ2v) is 4.70. The van der Waals surface area contributed by atoms with E-state index in [2.05, 4.69) is 0 Å². The van der Waals surface area contributed by atoms with E-state index in [4.69, 9.17) is 4.74 Å². The maximum atomic E-state index is 12.4. The lowest BCUT2D eigenvalue weighted by atomic mass is 9.83. The zero-order valence-electron chi connectivity index (χ0n) is 9.77. The molecule has 4 nitrogen and oxygen atoms in total. The molecule has 2 aliphatic heterocycles. The summed E-state index contributed by atoms with van der Waals surface area (Å²) >= 11 is 0. The predicted octanol–water partition coefficient (Wildman–Crippen LogP) is 1.44. The van der Waals surface area contributed by atoms with E-state index >= 15 is 0 Å². The highest BCUT2D eigenvalue weighted by molar-refractivity contribution is 6.08. The summed E-state index contributed by atoms with van der Waals surface area (Å²) in [4.78, 5) is 25.4. The van der Waals surface area contributed by atoms with E-state index in [0.29, 0.717) is 6.42 Å². The van der Waals surface area contributed by atoms with E-state index in [1.165, 1.54) is 0 Å². The monoisotopic (exact) mass is 231 g/mol. The molecule has 0 N–H and O–H groups in total. The first-order chi connectivity index (χ1) is 8.07. The van der Waals surface area contributed by atoms with Crippen LogP contribution >= 0.6 is 0 Å².